The first-order valence-electron chi connectivity index (χ1n) is 23.8. The lowest BCUT2D eigenvalue weighted by atomic mass is 10.0. The fraction of sp³-hybridized carbons (Fsp3) is 0. The maximum Gasteiger partial charge on any atom is 0.338 e. The summed E-state index contributed by atoms with van der Waals surface area (Å²) in [7, 11) is -43.9. The number of phenolic OH excluding ortho intramolecular Hbond substituents is 3. The number of carboxylic acid groups (broad SMARTS) is 1. The first kappa shape index (κ1) is 67.8. The van der Waals surface area contributed by atoms with E-state index >= 15 is 0 Å². The third-order valence-corrected chi connectivity index (χ3v) is 19.9. The molecule has 0 bridgehead atoms. The van der Waals surface area contributed by atoms with Gasteiger partial charge in [0, 0.05) is 26.9 Å². The fourth-order valence-electron chi connectivity index (χ4n) is 8.90. The van der Waals surface area contributed by atoms with E-state index in [1.807, 2.05) is 0 Å². The lowest BCUT2D eigenvalue weighted by molar-refractivity contribution is 0.0697. The van der Waals surface area contributed by atoms with Gasteiger partial charge in [-0.05, 0) is 89.6 Å². The van der Waals surface area contributed by atoms with Crippen LogP contribution in [0.1, 0.15) is 10.4 Å². The second kappa shape index (κ2) is 23.2. The lowest BCUT2D eigenvalue weighted by Crippen LogP contribution is -2.04. The van der Waals surface area contributed by atoms with Crippen molar-refractivity contribution in [3.63, 3.8) is 0 Å². The number of carboxylic acids is 1. The molecule has 0 saturated heterocycles. The van der Waals surface area contributed by atoms with Gasteiger partial charge in [0.05, 0.1) is 27.2 Å². The van der Waals surface area contributed by atoms with Crippen LogP contribution in [0.15, 0.2) is 183 Å². The summed E-state index contributed by atoms with van der Waals surface area (Å²) in [5.41, 5.74) is -4.15. The van der Waals surface area contributed by atoms with Crippen LogP contribution in [-0.2, 0) is 80.9 Å². The summed E-state index contributed by atoms with van der Waals surface area (Å²) in [5, 5.41) is 68.1. The zero-order valence-electron chi connectivity index (χ0n) is 44.5. The molecule has 0 aromatic heterocycles. The highest BCUT2D eigenvalue weighted by molar-refractivity contribution is 7.88. The molecule has 0 aliphatic heterocycles. The Balaban J connectivity index is 1.23. The Kier molecular flexibility index (Phi) is 16.9. The van der Waals surface area contributed by atoms with Crippen molar-refractivity contribution in [2.24, 2.45) is 40.9 Å². The number of nitrogens with two attached hydrogens (primary N) is 1. The van der Waals surface area contributed by atoms with Crippen LogP contribution in [0.5, 0.6) is 17.2 Å². The monoisotopic (exact) mass is 1440 g/mol. The van der Waals surface area contributed by atoms with Crippen molar-refractivity contribution in [3.8, 4) is 17.2 Å². The molecule has 9 aromatic rings. The van der Waals surface area contributed by atoms with Crippen LogP contribution in [0, 0.1) is 0 Å². The van der Waals surface area contributed by atoms with Gasteiger partial charge in [-0.15, -0.1) is 40.9 Å². The number of rotatable bonds is 17. The lowest BCUT2D eigenvalue weighted by Gasteiger charge is -2.15. The Morgan fingerprint density at radius 2 is 0.699 bits per heavy atom. The van der Waals surface area contributed by atoms with Crippen LogP contribution >= 0.6 is 0 Å². The standard InChI is InChI=1S/C47H31N9O29S8/c48-40-31(53-51-29-14-23-18(9-34(29)89(71,72)73)11-37(92(80,81)82)42(44(23)57)55-50-28-6-5-20(86(62,63)64)13-25(28)47(60)61)17-33(88(68,69)70)26-16-38(93(83,84)85)43(46(59)39(26)40)56-52-30-15-24-19(10-35(30)90(74,75)76)12-36(91(77,78)79)41(45(24)58)54-49-27-7-8-32(87(65,66)67)22-4-2-1-3-21(22)27/h1-17,57-59H,48H2,(H,60,61)(H,62,63,64)(H,65,66,67)(H,68,69,70)(H,71,72,73)(H,74,75,76)(H,77,78,79)(H,80,81,82)(H,83,84,85)/b53-51-,54-49-,55-50-,56-52-. The van der Waals surface area contributed by atoms with E-state index in [9.17, 15) is 129 Å². The molecule has 0 atom stereocenters. The number of nitrogens with zero attached hydrogens (tertiary/aromatic N) is 8. The van der Waals surface area contributed by atoms with Gasteiger partial charge in [-0.1, -0.05) is 24.3 Å². The molecule has 14 N–H and O–H groups in total. The Hall–Kier alpha value is -9.63. The third-order valence-electron chi connectivity index (χ3n) is 12.9. The highest BCUT2D eigenvalue weighted by Gasteiger charge is 2.32. The van der Waals surface area contributed by atoms with Crippen molar-refractivity contribution in [3.05, 3.63) is 109 Å². The van der Waals surface area contributed by atoms with Crippen LogP contribution in [-0.4, -0.2) is 130 Å². The number of hydrogen-bond acceptors (Lipinski definition) is 29. The topological polar surface area (TPSA) is 658 Å². The maximum absolute atomic E-state index is 13.0. The highest BCUT2D eigenvalue weighted by atomic mass is 32.2. The summed E-state index contributed by atoms with van der Waals surface area (Å²) in [6.45, 7) is 0. The Bertz CT molecular complexity index is 6010. The van der Waals surface area contributed by atoms with Gasteiger partial charge in [0.2, 0.25) is 0 Å². The molecule has 38 nitrogen and oxygen atoms in total. The third kappa shape index (κ3) is 13.4. The molecule has 486 valence electrons. The minimum atomic E-state index is -5.86. The molecule has 0 fully saturated rings. The summed E-state index contributed by atoms with van der Waals surface area (Å²) in [6, 6.07) is 12.0. The van der Waals surface area contributed by atoms with E-state index in [-0.39, 0.29) is 28.6 Å². The van der Waals surface area contributed by atoms with Crippen LogP contribution in [0.4, 0.5) is 51.2 Å². The minimum absolute atomic E-state index is 0.0421. The van der Waals surface area contributed by atoms with Gasteiger partial charge in [-0.3, -0.25) is 36.4 Å². The Morgan fingerprint density at radius 3 is 1.14 bits per heavy atom. The Morgan fingerprint density at radius 1 is 0.323 bits per heavy atom. The maximum atomic E-state index is 13.0. The number of fused-ring (bicyclic) bond motifs is 4. The molecule has 0 aliphatic rings. The van der Waals surface area contributed by atoms with Crippen molar-refractivity contribution >= 4 is 181 Å². The van der Waals surface area contributed by atoms with Gasteiger partial charge in [0.1, 0.15) is 74.1 Å². The first-order chi connectivity index (χ1) is 42.7. The minimum Gasteiger partial charge on any atom is -0.505 e. The van der Waals surface area contributed by atoms with Crippen molar-refractivity contribution in [2.75, 3.05) is 5.73 Å². The SMILES string of the molecule is Nc1c(/N=N\c2cc3c(O)c(/N=N\c4ccc(S(=O)(=O)O)cc4C(=O)O)c(S(=O)(=O)O)cc3cc2S(=O)(=O)O)cc(S(=O)(=O)O)c2cc(S(=O)(=O)O)c(/N=N\c3cc4c(O)c(/N=N\c5ccc(S(=O)(=O)O)c6ccccc56)c(S(=O)(=O)O)cc4cc3S(=O)(=O)O)c(O)c12. The second-order valence-corrected chi connectivity index (χ2v) is 29.9. The number of hydrogen-bond donors (Lipinski definition) is 13. The van der Waals surface area contributed by atoms with Crippen LogP contribution < -0.4 is 5.73 Å². The van der Waals surface area contributed by atoms with Crippen molar-refractivity contribution in [1.82, 2.24) is 0 Å². The van der Waals surface area contributed by atoms with E-state index in [1.165, 1.54) is 24.3 Å². The van der Waals surface area contributed by atoms with Crippen molar-refractivity contribution < 1.29 is 129 Å². The van der Waals surface area contributed by atoms with Crippen LogP contribution in [0.3, 0.4) is 0 Å². The van der Waals surface area contributed by atoms with Gasteiger partial charge in [0.15, 0.2) is 17.2 Å². The molecule has 46 heteroatoms. The normalized spacial score (nSPS) is 13.5. The molecule has 0 radical (unpaired) electrons. The fourth-order valence-corrected chi connectivity index (χ4v) is 14.0. The molecule has 9 aromatic carbocycles. The summed E-state index contributed by atoms with van der Waals surface area (Å²) in [5.74, 6) is -6.26. The predicted octanol–water partition coefficient (Wildman–Crippen LogP) is 8.33. The van der Waals surface area contributed by atoms with Gasteiger partial charge in [-0.25, -0.2) is 4.79 Å². The van der Waals surface area contributed by atoms with Crippen LogP contribution in [0.2, 0.25) is 0 Å². The molecule has 0 saturated carbocycles. The average molecular weight is 1440 g/mol. The molecule has 93 heavy (non-hydrogen) atoms. The molecule has 0 amide bonds. The quantitative estimate of drug-likeness (QED) is 0.0231. The molecule has 9 rings (SSSR count). The number of aromatic carboxylic acids is 1. The number of carbonyl (C=O) groups is 1. The van der Waals surface area contributed by atoms with Crippen molar-refractivity contribution in [2.45, 2.75) is 39.2 Å². The number of azo groups is 4. The van der Waals surface area contributed by atoms with Gasteiger partial charge in [0.25, 0.3) is 80.9 Å². The van der Waals surface area contributed by atoms with Crippen LogP contribution in [0.25, 0.3) is 43.1 Å². The van der Waals surface area contributed by atoms with E-state index in [4.69, 9.17) is 5.73 Å². The second-order valence-electron chi connectivity index (χ2n) is 18.7. The molecule has 0 spiro atoms. The summed E-state index contributed by atoms with van der Waals surface area (Å²) >= 11 is 0. The van der Waals surface area contributed by atoms with E-state index < -0.39 is 227 Å². The van der Waals surface area contributed by atoms with Crippen molar-refractivity contribution in [1.29, 1.82) is 0 Å². The Labute approximate surface area is 518 Å². The number of phenols is 3. The molecule has 0 aliphatic carbocycles. The molecular formula is C47H31N9O29S8. The number of benzene rings is 9. The van der Waals surface area contributed by atoms with E-state index in [1.54, 1.807) is 0 Å². The smallest absolute Gasteiger partial charge is 0.338 e. The van der Waals surface area contributed by atoms with E-state index in [2.05, 4.69) is 40.9 Å². The molecule has 0 heterocycles. The molecular weight excluding hydrogens is 1410 g/mol. The molecule has 0 unspecified atom stereocenters. The zero-order chi connectivity index (χ0) is 69.0. The number of anilines is 1. The average Bonchev–Trinajstić information content (AvgIpc) is 0.750. The summed E-state index contributed by atoms with van der Waals surface area (Å²) < 4.78 is 283. The van der Waals surface area contributed by atoms with Gasteiger partial charge >= 0.3 is 5.97 Å². The van der Waals surface area contributed by atoms with E-state index in [0.717, 1.165) is 12.1 Å². The van der Waals surface area contributed by atoms with Gasteiger partial charge in [-0.2, -0.15) is 67.3 Å². The van der Waals surface area contributed by atoms with Gasteiger partial charge < -0.3 is 26.2 Å². The zero-order valence-corrected chi connectivity index (χ0v) is 51.1. The summed E-state index contributed by atoms with van der Waals surface area (Å²) in [4.78, 5) is 1.85. The van der Waals surface area contributed by atoms with E-state index in [0.29, 0.717) is 54.6 Å². The largest absolute Gasteiger partial charge is 0.505 e. The number of aromatic hydroxyl groups is 3. The predicted molar refractivity (Wildman–Crippen MR) is 314 cm³/mol. The highest BCUT2D eigenvalue weighted by Crippen LogP contribution is 2.51. The first-order valence-corrected chi connectivity index (χ1v) is 35.4. The summed E-state index contributed by atoms with van der Waals surface area (Å²) in [6.07, 6.45) is 0. The number of nitrogen functional groups attached to an aromatic ring is 1.